The van der Waals surface area contributed by atoms with Crippen LogP contribution in [-0.2, 0) is 11.8 Å². The van der Waals surface area contributed by atoms with Gasteiger partial charge in [-0.25, -0.2) is 15.0 Å². The summed E-state index contributed by atoms with van der Waals surface area (Å²) in [5, 5.41) is 6.83. The Hall–Kier alpha value is -1.49. The van der Waals surface area contributed by atoms with E-state index in [-0.39, 0.29) is 29.4 Å². The van der Waals surface area contributed by atoms with Gasteiger partial charge in [0.25, 0.3) is 0 Å². The molecule has 7 nitrogen and oxygen atoms in total. The van der Waals surface area contributed by atoms with Gasteiger partial charge in [0, 0.05) is 69.4 Å². The number of nitrogens with one attached hydrogen (secondary N) is 1. The molecule has 1 fully saturated rings. The average Bonchev–Trinajstić information content (AvgIpc) is 3.16. The normalized spacial score (nSPS) is 15.4. The van der Waals surface area contributed by atoms with Crippen molar-refractivity contribution in [2.75, 3.05) is 44.7 Å². The lowest BCUT2D eigenvalue weighted by molar-refractivity contribution is 0.370. The first-order valence-electron chi connectivity index (χ1n) is 9.40. The van der Waals surface area contributed by atoms with Gasteiger partial charge in [0.2, 0.25) is 5.95 Å². The van der Waals surface area contributed by atoms with Crippen molar-refractivity contribution in [3.8, 4) is 0 Å². The molecule has 9 heteroatoms. The zero-order valence-corrected chi connectivity index (χ0v) is 20.2. The molecule has 2 aromatic rings. The number of rotatable bonds is 4. The summed E-state index contributed by atoms with van der Waals surface area (Å²) < 4.78 is 0. The quantitative estimate of drug-likeness (QED) is 0.384. The van der Waals surface area contributed by atoms with E-state index >= 15 is 0 Å². The molecule has 0 unspecified atom stereocenters. The zero-order valence-electron chi connectivity index (χ0n) is 17.1. The molecule has 3 rings (SSSR count). The maximum atomic E-state index is 4.76. The summed E-state index contributed by atoms with van der Waals surface area (Å²) in [5.41, 5.74) is 1.28. The fraction of sp³-hybridized carbons (Fsp3) is 0.579. The Bertz CT molecular complexity index is 749. The van der Waals surface area contributed by atoms with Gasteiger partial charge < -0.3 is 15.1 Å². The van der Waals surface area contributed by atoms with Gasteiger partial charge in [-0.3, -0.25) is 4.99 Å². The molecular formula is C19H30IN7S. The summed E-state index contributed by atoms with van der Waals surface area (Å²) in [7, 11) is 1.84. The molecule has 1 aliphatic rings. The Morgan fingerprint density at radius 1 is 1.18 bits per heavy atom. The summed E-state index contributed by atoms with van der Waals surface area (Å²) in [6, 6.07) is 1.85. The van der Waals surface area contributed by atoms with E-state index in [0.717, 1.165) is 51.1 Å². The van der Waals surface area contributed by atoms with Gasteiger partial charge in [-0.05, 0) is 6.07 Å². The van der Waals surface area contributed by atoms with Crippen molar-refractivity contribution >= 4 is 47.2 Å². The number of hydrogen-bond acceptors (Lipinski definition) is 6. The van der Waals surface area contributed by atoms with Crippen LogP contribution < -0.4 is 10.2 Å². The SMILES string of the molecule is CN=C(NCCc1nc(C(C)(C)C)cs1)N1CCN(c2ncccn2)CC1.I. The van der Waals surface area contributed by atoms with Crippen LogP contribution in [0.1, 0.15) is 31.5 Å². The van der Waals surface area contributed by atoms with E-state index in [1.807, 2.05) is 13.1 Å². The number of nitrogens with zero attached hydrogens (tertiary/aromatic N) is 6. The molecule has 0 amide bonds. The number of halogens is 1. The molecule has 1 aliphatic heterocycles. The second-order valence-corrected chi connectivity index (χ2v) is 8.57. The highest BCUT2D eigenvalue weighted by Crippen LogP contribution is 2.23. The lowest BCUT2D eigenvalue weighted by atomic mass is 9.93. The second kappa shape index (κ2) is 10.3. The van der Waals surface area contributed by atoms with Gasteiger partial charge in [0.15, 0.2) is 5.96 Å². The summed E-state index contributed by atoms with van der Waals surface area (Å²) in [4.78, 5) is 22.4. The predicted molar refractivity (Wildman–Crippen MR) is 127 cm³/mol. The Morgan fingerprint density at radius 3 is 2.43 bits per heavy atom. The van der Waals surface area contributed by atoms with Crippen molar-refractivity contribution in [3.05, 3.63) is 34.5 Å². The topological polar surface area (TPSA) is 69.5 Å². The van der Waals surface area contributed by atoms with Gasteiger partial charge in [-0.15, -0.1) is 35.3 Å². The highest BCUT2D eigenvalue weighted by molar-refractivity contribution is 14.0. The second-order valence-electron chi connectivity index (χ2n) is 7.62. The fourth-order valence-corrected chi connectivity index (χ4v) is 3.98. The minimum atomic E-state index is 0. The van der Waals surface area contributed by atoms with Crippen molar-refractivity contribution in [3.63, 3.8) is 0 Å². The molecule has 0 spiro atoms. The van der Waals surface area contributed by atoms with E-state index in [2.05, 4.69) is 56.2 Å². The number of guanidine groups is 1. The van der Waals surface area contributed by atoms with Gasteiger partial charge in [-0.2, -0.15) is 0 Å². The minimum Gasteiger partial charge on any atom is -0.356 e. The van der Waals surface area contributed by atoms with E-state index in [4.69, 9.17) is 4.98 Å². The smallest absolute Gasteiger partial charge is 0.225 e. The summed E-state index contributed by atoms with van der Waals surface area (Å²) in [6.07, 6.45) is 4.50. The average molecular weight is 515 g/mol. The van der Waals surface area contributed by atoms with Crippen molar-refractivity contribution in [2.24, 2.45) is 4.99 Å². The number of aliphatic imine (C=N–C) groups is 1. The van der Waals surface area contributed by atoms with Crippen LogP contribution in [0.4, 0.5) is 5.95 Å². The number of aromatic nitrogens is 3. The molecule has 154 valence electrons. The number of piperazine rings is 1. The first-order chi connectivity index (χ1) is 13.0. The number of anilines is 1. The third-order valence-electron chi connectivity index (χ3n) is 4.57. The highest BCUT2D eigenvalue weighted by atomic mass is 127. The van der Waals surface area contributed by atoms with Crippen LogP contribution in [0.5, 0.6) is 0 Å². The van der Waals surface area contributed by atoms with Crippen molar-refractivity contribution < 1.29 is 0 Å². The van der Waals surface area contributed by atoms with Crippen molar-refractivity contribution in [2.45, 2.75) is 32.6 Å². The monoisotopic (exact) mass is 515 g/mol. The van der Waals surface area contributed by atoms with Crippen LogP contribution in [0.2, 0.25) is 0 Å². The number of hydrogen-bond donors (Lipinski definition) is 1. The van der Waals surface area contributed by atoms with E-state index < -0.39 is 0 Å². The van der Waals surface area contributed by atoms with Gasteiger partial charge in [0.05, 0.1) is 10.7 Å². The Balaban J connectivity index is 0.00000280. The lowest BCUT2D eigenvalue weighted by Gasteiger charge is -2.36. The predicted octanol–water partition coefficient (Wildman–Crippen LogP) is 2.79. The van der Waals surface area contributed by atoms with Crippen LogP contribution in [0.25, 0.3) is 0 Å². The first kappa shape index (κ1) is 22.8. The lowest BCUT2D eigenvalue weighted by Crippen LogP contribution is -2.53. The zero-order chi connectivity index (χ0) is 19.3. The van der Waals surface area contributed by atoms with Crippen LogP contribution in [0.3, 0.4) is 0 Å². The van der Waals surface area contributed by atoms with Gasteiger partial charge in [0.1, 0.15) is 0 Å². The molecule has 0 saturated carbocycles. The highest BCUT2D eigenvalue weighted by Gasteiger charge is 2.21. The Labute approximate surface area is 188 Å². The minimum absolute atomic E-state index is 0. The van der Waals surface area contributed by atoms with Crippen LogP contribution in [0.15, 0.2) is 28.8 Å². The molecular weight excluding hydrogens is 485 g/mol. The van der Waals surface area contributed by atoms with Gasteiger partial charge >= 0.3 is 0 Å². The molecule has 0 bridgehead atoms. The summed E-state index contributed by atoms with van der Waals surface area (Å²) >= 11 is 1.74. The van der Waals surface area contributed by atoms with Crippen LogP contribution in [-0.4, -0.2) is 65.6 Å². The Kier molecular flexibility index (Phi) is 8.41. The summed E-state index contributed by atoms with van der Waals surface area (Å²) in [6.45, 7) is 11.0. The Morgan fingerprint density at radius 2 is 1.86 bits per heavy atom. The van der Waals surface area contributed by atoms with E-state index in [1.165, 1.54) is 10.7 Å². The molecule has 1 saturated heterocycles. The molecule has 28 heavy (non-hydrogen) atoms. The van der Waals surface area contributed by atoms with Crippen LogP contribution >= 0.6 is 35.3 Å². The summed E-state index contributed by atoms with van der Waals surface area (Å²) in [5.74, 6) is 1.76. The van der Waals surface area contributed by atoms with E-state index in [0.29, 0.717) is 0 Å². The molecule has 1 N–H and O–H groups in total. The third-order valence-corrected chi connectivity index (χ3v) is 5.48. The molecule has 0 aromatic carbocycles. The van der Waals surface area contributed by atoms with Crippen molar-refractivity contribution in [1.82, 2.24) is 25.2 Å². The van der Waals surface area contributed by atoms with Crippen molar-refractivity contribution in [1.29, 1.82) is 0 Å². The molecule has 0 aliphatic carbocycles. The molecule has 0 atom stereocenters. The maximum absolute atomic E-state index is 4.76. The third kappa shape index (κ3) is 6.00. The maximum Gasteiger partial charge on any atom is 0.225 e. The number of thiazole rings is 1. The molecule has 2 aromatic heterocycles. The van der Waals surface area contributed by atoms with Gasteiger partial charge in [-0.1, -0.05) is 20.8 Å². The van der Waals surface area contributed by atoms with Crippen LogP contribution in [0, 0.1) is 0 Å². The standard InChI is InChI=1S/C19H29N7S.HI/c1-19(2,3)15-14-27-16(24-15)6-9-23-17(20-4)25-10-12-26(13-11-25)18-21-7-5-8-22-18;/h5,7-8,14H,6,9-13H2,1-4H3,(H,20,23);1H. The van der Waals surface area contributed by atoms with E-state index in [1.54, 1.807) is 23.7 Å². The largest absolute Gasteiger partial charge is 0.356 e. The molecule has 3 heterocycles. The fourth-order valence-electron chi connectivity index (χ4n) is 2.96. The first-order valence-corrected chi connectivity index (χ1v) is 10.3. The molecule has 0 radical (unpaired) electrons. The van der Waals surface area contributed by atoms with E-state index in [9.17, 15) is 0 Å².